The number of rotatable bonds is 6. The molecule has 0 N–H and O–H groups in total. The van der Waals surface area contributed by atoms with E-state index in [-0.39, 0.29) is 5.69 Å². The summed E-state index contributed by atoms with van der Waals surface area (Å²) in [6.07, 6.45) is -4.65. The molecule has 68 heavy (non-hydrogen) atoms. The van der Waals surface area contributed by atoms with Crippen molar-refractivity contribution in [2.75, 3.05) is 0 Å². The van der Waals surface area contributed by atoms with Gasteiger partial charge in [-0.15, -0.1) is 0 Å². The van der Waals surface area contributed by atoms with E-state index in [0.717, 1.165) is 78.0 Å². The minimum Gasteiger partial charge on any atom is -0.310 e. The fourth-order valence-electron chi connectivity index (χ4n) is 10.4. The zero-order valence-corrected chi connectivity index (χ0v) is 37.7. The Morgan fingerprint density at radius 2 is 0.853 bits per heavy atom. The molecule has 0 radical (unpaired) electrons. The van der Waals surface area contributed by atoms with Gasteiger partial charge in [-0.1, -0.05) is 144 Å². The molecule has 0 amide bonds. The van der Waals surface area contributed by atoms with Gasteiger partial charge < -0.3 is 9.13 Å². The topological polar surface area (TPSA) is 18.6 Å². The normalized spacial score (nSPS) is 11.7. The zero-order chi connectivity index (χ0) is 47.0. The summed E-state index contributed by atoms with van der Waals surface area (Å²) in [4.78, 5) is 7.91. The van der Waals surface area contributed by atoms with Gasteiger partial charge in [0, 0.05) is 43.9 Å². The molecule has 0 spiro atoms. The third kappa shape index (κ3) is 6.91. The highest BCUT2D eigenvalue weighted by molar-refractivity contribution is 6.14. The summed E-state index contributed by atoms with van der Waals surface area (Å²) in [6, 6.07) is 57.4. The highest BCUT2D eigenvalue weighted by Crippen LogP contribution is 2.50. The molecular weight excluding hydrogens is 846 g/mol. The Bertz CT molecular complexity index is 3940. The average Bonchev–Trinajstić information content (AvgIpc) is 3.84. The SMILES string of the molecule is [C-]#[N+]c1cc(C(F)(F)F)ccc1-c1cccc(-n2c3ccccc3c3cc(-c4cc(C)cc(C)c4)ccc32)c1-c1c([N+]#[C-])cccc1-n1c2ccccc2c2cc(-c3cc(C)cc(C)c3)ccc21. The van der Waals surface area contributed by atoms with Crippen molar-refractivity contribution in [2.45, 2.75) is 33.9 Å². The van der Waals surface area contributed by atoms with Crippen LogP contribution in [0.4, 0.5) is 24.5 Å². The standard InChI is InChI=1S/C61H41F3N4/c1-36-27-37(2)30-42(29-36)40-21-25-55-49(33-40)46-13-7-9-17-53(46)67(55)57-19-11-15-48(45-24-23-44(61(62,63)64)35-52(45)66-6)59(57)60-51(65-5)16-12-20-58(60)68-54-18-10-8-14-47(54)50-34-41(22-26-56(50)68)43-31-38(3)28-39(4)32-43/h7-35H,1-4H3. The largest absolute Gasteiger partial charge is 0.415 e. The van der Waals surface area contributed by atoms with Crippen molar-refractivity contribution in [1.29, 1.82) is 0 Å². The van der Waals surface area contributed by atoms with Gasteiger partial charge in [0.25, 0.3) is 0 Å². The molecule has 0 saturated heterocycles. The number of benzene rings is 9. The van der Waals surface area contributed by atoms with Crippen LogP contribution in [-0.4, -0.2) is 9.13 Å². The maximum atomic E-state index is 14.3. The number of aryl methyl sites for hydroxylation is 4. The predicted molar refractivity (Wildman–Crippen MR) is 273 cm³/mol. The Morgan fingerprint density at radius 1 is 0.382 bits per heavy atom. The summed E-state index contributed by atoms with van der Waals surface area (Å²) in [7, 11) is 0. The summed E-state index contributed by atoms with van der Waals surface area (Å²) in [6.45, 7) is 25.4. The van der Waals surface area contributed by atoms with Gasteiger partial charge in [0.05, 0.1) is 40.9 Å². The van der Waals surface area contributed by atoms with Crippen LogP contribution in [0.25, 0.3) is 109 Å². The molecule has 11 aromatic rings. The Kier molecular flexibility index (Phi) is 9.92. The van der Waals surface area contributed by atoms with E-state index in [2.05, 4.69) is 144 Å². The predicted octanol–water partition coefficient (Wildman–Crippen LogP) is 17.9. The molecule has 7 heteroatoms. The van der Waals surface area contributed by atoms with Crippen molar-refractivity contribution in [1.82, 2.24) is 9.13 Å². The summed E-state index contributed by atoms with van der Waals surface area (Å²) in [5, 5.41) is 4.10. The maximum absolute atomic E-state index is 14.3. The highest BCUT2D eigenvalue weighted by atomic mass is 19.4. The summed E-state index contributed by atoms with van der Waals surface area (Å²) in [5.41, 5.74) is 15.5. The van der Waals surface area contributed by atoms with Crippen molar-refractivity contribution >= 4 is 55.0 Å². The number of para-hydroxylation sites is 2. The molecule has 2 heterocycles. The van der Waals surface area contributed by atoms with Gasteiger partial charge in [-0.05, 0) is 116 Å². The number of aromatic nitrogens is 2. The van der Waals surface area contributed by atoms with Gasteiger partial charge >= 0.3 is 6.18 Å². The maximum Gasteiger partial charge on any atom is 0.415 e. The second-order valence-electron chi connectivity index (χ2n) is 17.7. The molecule has 0 aliphatic heterocycles. The van der Waals surface area contributed by atoms with Gasteiger partial charge in [-0.25, -0.2) is 9.69 Å². The van der Waals surface area contributed by atoms with Gasteiger partial charge in [-0.3, -0.25) is 0 Å². The van der Waals surface area contributed by atoms with Gasteiger partial charge in [0.1, 0.15) is 0 Å². The van der Waals surface area contributed by atoms with Crippen LogP contribution in [0.2, 0.25) is 0 Å². The lowest BCUT2D eigenvalue weighted by molar-refractivity contribution is -0.137. The van der Waals surface area contributed by atoms with Crippen LogP contribution in [0.1, 0.15) is 27.8 Å². The second kappa shape index (κ2) is 16.0. The molecule has 0 fully saturated rings. The lowest BCUT2D eigenvalue weighted by atomic mass is 9.89. The molecule has 4 nitrogen and oxygen atoms in total. The molecule has 9 aromatic carbocycles. The number of hydrogen-bond donors (Lipinski definition) is 0. The molecule has 0 atom stereocenters. The van der Waals surface area contributed by atoms with Gasteiger partial charge in [-0.2, -0.15) is 13.2 Å². The zero-order valence-electron chi connectivity index (χ0n) is 37.7. The van der Waals surface area contributed by atoms with E-state index in [1.165, 1.54) is 28.3 Å². The first-order valence-corrected chi connectivity index (χ1v) is 22.4. The summed E-state index contributed by atoms with van der Waals surface area (Å²) < 4.78 is 47.2. The monoisotopic (exact) mass is 886 g/mol. The molecule has 0 aliphatic carbocycles. The smallest absolute Gasteiger partial charge is 0.310 e. The molecule has 0 saturated carbocycles. The number of alkyl halides is 3. The van der Waals surface area contributed by atoms with Crippen molar-refractivity contribution in [2.24, 2.45) is 0 Å². The quantitative estimate of drug-likeness (QED) is 0.148. The van der Waals surface area contributed by atoms with E-state index in [0.29, 0.717) is 39.3 Å². The van der Waals surface area contributed by atoms with Crippen molar-refractivity contribution in [3.05, 3.63) is 227 Å². The molecule has 0 unspecified atom stereocenters. The van der Waals surface area contributed by atoms with E-state index >= 15 is 0 Å². The first-order chi connectivity index (χ1) is 32.9. The Balaban J connectivity index is 1.26. The van der Waals surface area contributed by atoms with Gasteiger partial charge in [0.2, 0.25) is 0 Å². The second-order valence-corrected chi connectivity index (χ2v) is 17.7. The molecule has 11 rings (SSSR count). The minimum absolute atomic E-state index is 0.142. The molecule has 0 aliphatic rings. The van der Waals surface area contributed by atoms with Gasteiger partial charge in [0.15, 0.2) is 11.4 Å². The fraction of sp³-hybridized carbons (Fsp3) is 0.0820. The van der Waals surface area contributed by atoms with E-state index in [1.807, 2.05) is 54.6 Å². The van der Waals surface area contributed by atoms with E-state index < -0.39 is 11.7 Å². The Labute approximate surface area is 392 Å². The first-order valence-electron chi connectivity index (χ1n) is 22.4. The van der Waals surface area contributed by atoms with Crippen LogP contribution < -0.4 is 0 Å². The highest BCUT2D eigenvalue weighted by Gasteiger charge is 2.32. The first kappa shape index (κ1) is 42.0. The van der Waals surface area contributed by atoms with Crippen LogP contribution in [0.3, 0.4) is 0 Å². The summed E-state index contributed by atoms with van der Waals surface area (Å²) >= 11 is 0. The third-order valence-electron chi connectivity index (χ3n) is 13.1. The van der Waals surface area contributed by atoms with E-state index in [1.54, 1.807) is 6.07 Å². The Morgan fingerprint density at radius 3 is 1.35 bits per heavy atom. The van der Waals surface area contributed by atoms with Crippen molar-refractivity contribution in [3.63, 3.8) is 0 Å². The van der Waals surface area contributed by atoms with Crippen LogP contribution in [0.15, 0.2) is 176 Å². The van der Waals surface area contributed by atoms with Crippen LogP contribution in [-0.2, 0) is 6.18 Å². The molecule has 2 aromatic heterocycles. The van der Waals surface area contributed by atoms with Crippen molar-refractivity contribution < 1.29 is 13.2 Å². The van der Waals surface area contributed by atoms with Crippen molar-refractivity contribution in [3.8, 4) is 55.9 Å². The number of fused-ring (bicyclic) bond motifs is 6. The van der Waals surface area contributed by atoms with Crippen LogP contribution >= 0.6 is 0 Å². The molecule has 0 bridgehead atoms. The van der Waals surface area contributed by atoms with E-state index in [9.17, 15) is 13.2 Å². The summed E-state index contributed by atoms with van der Waals surface area (Å²) in [5.74, 6) is 0. The number of halogens is 3. The van der Waals surface area contributed by atoms with E-state index in [4.69, 9.17) is 13.1 Å². The fourth-order valence-corrected chi connectivity index (χ4v) is 10.4. The Hall–Kier alpha value is -8.65. The lowest BCUT2D eigenvalue weighted by Crippen LogP contribution is -2.05. The van der Waals surface area contributed by atoms with Crippen LogP contribution in [0.5, 0.6) is 0 Å². The lowest BCUT2D eigenvalue weighted by Gasteiger charge is -2.23. The third-order valence-corrected chi connectivity index (χ3v) is 13.1. The number of hydrogen-bond acceptors (Lipinski definition) is 0. The average molecular weight is 887 g/mol. The molecule has 326 valence electrons. The number of nitrogens with zero attached hydrogens (tertiary/aromatic N) is 4. The minimum atomic E-state index is -4.65. The van der Waals surface area contributed by atoms with Crippen LogP contribution in [0, 0.1) is 40.8 Å². The molecular formula is C61H41F3N4.